The van der Waals surface area contributed by atoms with Gasteiger partial charge in [-0.3, -0.25) is 4.79 Å². The maximum absolute atomic E-state index is 12.8. The smallest absolute Gasteiger partial charge is 0.365 e. The number of alkyl halides is 3. The maximum atomic E-state index is 12.8. The van der Waals surface area contributed by atoms with E-state index in [1.807, 2.05) is 25.1 Å². The van der Waals surface area contributed by atoms with E-state index in [0.717, 1.165) is 31.2 Å². The highest BCUT2D eigenvalue weighted by Crippen LogP contribution is 2.35. The Hall–Kier alpha value is -1.82. The predicted octanol–water partition coefficient (Wildman–Crippen LogP) is 7.00. The molecule has 0 bridgehead atoms. The Labute approximate surface area is 185 Å². The van der Waals surface area contributed by atoms with Gasteiger partial charge in [0.25, 0.3) is 0 Å². The summed E-state index contributed by atoms with van der Waals surface area (Å²) in [5, 5.41) is 2.07. The summed E-state index contributed by atoms with van der Waals surface area (Å²) in [6.07, 6.45) is 0.780. The van der Waals surface area contributed by atoms with E-state index in [2.05, 4.69) is 32.7 Å². The van der Waals surface area contributed by atoms with E-state index in [-0.39, 0.29) is 0 Å². The van der Waals surface area contributed by atoms with Gasteiger partial charge in [-0.2, -0.15) is 13.2 Å². The second-order valence-electron chi connectivity index (χ2n) is 9.29. The van der Waals surface area contributed by atoms with Crippen LogP contribution in [0.3, 0.4) is 0 Å². The van der Waals surface area contributed by atoms with Gasteiger partial charge in [-0.15, -0.1) is 6.58 Å². The number of nitrogens with one attached hydrogen (secondary N) is 1. The number of amides is 1. The molecule has 1 aromatic carbocycles. The van der Waals surface area contributed by atoms with Gasteiger partial charge in [-0.25, -0.2) is 0 Å². The quantitative estimate of drug-likeness (QED) is 0.335. The molecule has 176 valence electrons. The fourth-order valence-electron chi connectivity index (χ4n) is 3.97. The molecule has 1 N–H and O–H groups in total. The Balaban J connectivity index is 3.03. The molecule has 0 aliphatic rings. The summed E-state index contributed by atoms with van der Waals surface area (Å²) in [5.41, 5.74) is 0.108. The first-order valence-corrected chi connectivity index (χ1v) is 11.1. The first-order chi connectivity index (χ1) is 14.4. The molecular formula is C25H38F3NO2. The second-order valence-corrected chi connectivity index (χ2v) is 9.29. The molecule has 31 heavy (non-hydrogen) atoms. The number of ether oxygens (including phenoxy) is 1. The summed E-state index contributed by atoms with van der Waals surface area (Å²) in [4.78, 5) is 11.5. The highest BCUT2D eigenvalue weighted by atomic mass is 19.4. The normalized spacial score (nSPS) is 16.9. The van der Waals surface area contributed by atoms with Crippen LogP contribution < -0.4 is 5.32 Å². The standard InChI is InChI=1S/C25H38F3NO2/c1-7-16-24(6,17-19(4)13-11-12-18(2)3)31-22(21-14-9-8-10-15-21)20(5)29-23(30)25(26,27)28/h7-10,14-15,18-20,22H,1,11-13,16-17H2,2-6H3,(H,29,30)/t19-,20-,22+,24+/m1/s1. The number of rotatable bonds is 13. The van der Waals surface area contributed by atoms with Crippen LogP contribution in [-0.4, -0.2) is 23.7 Å². The number of hydrogen-bond donors (Lipinski definition) is 1. The third-order valence-corrected chi connectivity index (χ3v) is 5.44. The number of carbonyl (C=O) groups excluding carboxylic acids is 1. The first kappa shape index (κ1) is 27.2. The molecule has 6 heteroatoms. The molecule has 0 radical (unpaired) electrons. The summed E-state index contributed by atoms with van der Waals surface area (Å²) in [6, 6.07) is 8.20. The Morgan fingerprint density at radius 3 is 2.26 bits per heavy atom. The van der Waals surface area contributed by atoms with E-state index in [9.17, 15) is 18.0 Å². The van der Waals surface area contributed by atoms with Gasteiger partial charge in [-0.05, 0) is 44.1 Å². The Morgan fingerprint density at radius 2 is 1.74 bits per heavy atom. The van der Waals surface area contributed by atoms with Gasteiger partial charge < -0.3 is 10.1 Å². The van der Waals surface area contributed by atoms with Crippen molar-refractivity contribution in [2.24, 2.45) is 11.8 Å². The average Bonchev–Trinajstić information content (AvgIpc) is 2.65. The van der Waals surface area contributed by atoms with Crippen molar-refractivity contribution in [3.05, 3.63) is 48.6 Å². The fraction of sp³-hybridized carbons (Fsp3) is 0.640. The lowest BCUT2D eigenvalue weighted by atomic mass is 9.86. The SMILES string of the molecule is C=CC[C@@](C)(C[C@H](C)CCCC(C)C)O[C@H](c1ccccc1)[C@@H](C)NC(=O)C(F)(F)F. The molecule has 0 aliphatic heterocycles. The topological polar surface area (TPSA) is 38.3 Å². The molecule has 0 fully saturated rings. The molecule has 1 rings (SSSR count). The zero-order valence-corrected chi connectivity index (χ0v) is 19.5. The van der Waals surface area contributed by atoms with Gasteiger partial charge in [0, 0.05) is 0 Å². The zero-order valence-electron chi connectivity index (χ0n) is 19.5. The van der Waals surface area contributed by atoms with Gasteiger partial charge in [0.2, 0.25) is 0 Å². The second kappa shape index (κ2) is 12.3. The minimum absolute atomic E-state index is 0.389. The summed E-state index contributed by atoms with van der Waals surface area (Å²) < 4.78 is 44.9. The van der Waals surface area contributed by atoms with Crippen LogP contribution >= 0.6 is 0 Å². The Morgan fingerprint density at radius 1 is 1.13 bits per heavy atom. The number of hydrogen-bond acceptors (Lipinski definition) is 2. The summed E-state index contributed by atoms with van der Waals surface area (Å²) >= 11 is 0. The molecule has 0 heterocycles. The molecule has 3 nitrogen and oxygen atoms in total. The van der Waals surface area contributed by atoms with Crippen molar-refractivity contribution in [2.75, 3.05) is 0 Å². The third kappa shape index (κ3) is 9.90. The molecular weight excluding hydrogens is 403 g/mol. The predicted molar refractivity (Wildman–Crippen MR) is 120 cm³/mol. The molecule has 0 saturated carbocycles. The lowest BCUT2D eigenvalue weighted by molar-refractivity contribution is -0.176. The lowest BCUT2D eigenvalue weighted by Crippen LogP contribution is -2.46. The molecule has 4 atom stereocenters. The van der Waals surface area contributed by atoms with Crippen LogP contribution in [-0.2, 0) is 9.53 Å². The summed E-state index contributed by atoms with van der Waals surface area (Å²) in [5.74, 6) is -0.916. The van der Waals surface area contributed by atoms with Gasteiger partial charge in [0.1, 0.15) is 6.10 Å². The molecule has 1 aromatic rings. The van der Waals surface area contributed by atoms with Crippen LogP contribution in [0.25, 0.3) is 0 Å². The minimum atomic E-state index is -4.94. The van der Waals surface area contributed by atoms with E-state index in [0.29, 0.717) is 18.3 Å². The molecule has 0 unspecified atom stereocenters. The van der Waals surface area contributed by atoms with Crippen molar-refractivity contribution in [3.8, 4) is 0 Å². The van der Waals surface area contributed by atoms with Gasteiger partial charge in [0.15, 0.2) is 0 Å². The van der Waals surface area contributed by atoms with Crippen LogP contribution in [0, 0.1) is 11.8 Å². The van der Waals surface area contributed by atoms with Crippen LogP contribution in [0.2, 0.25) is 0 Å². The molecule has 1 amide bonds. The third-order valence-electron chi connectivity index (χ3n) is 5.44. The average molecular weight is 442 g/mol. The van der Waals surface area contributed by atoms with Gasteiger partial charge in [0.05, 0.1) is 11.6 Å². The van der Waals surface area contributed by atoms with Crippen molar-refractivity contribution < 1.29 is 22.7 Å². The van der Waals surface area contributed by atoms with Crippen LogP contribution in [0.4, 0.5) is 13.2 Å². The van der Waals surface area contributed by atoms with Crippen LogP contribution in [0.1, 0.15) is 78.4 Å². The van der Waals surface area contributed by atoms with Crippen molar-refractivity contribution >= 4 is 5.91 Å². The Bertz CT molecular complexity index is 675. The lowest BCUT2D eigenvalue weighted by Gasteiger charge is -2.38. The van der Waals surface area contributed by atoms with Crippen molar-refractivity contribution in [1.29, 1.82) is 0 Å². The molecule has 0 saturated heterocycles. The van der Waals surface area contributed by atoms with Crippen molar-refractivity contribution in [2.45, 2.75) is 90.6 Å². The van der Waals surface area contributed by atoms with E-state index in [4.69, 9.17) is 4.74 Å². The van der Waals surface area contributed by atoms with Crippen molar-refractivity contribution in [1.82, 2.24) is 5.32 Å². The summed E-state index contributed by atoms with van der Waals surface area (Å²) in [6.45, 7) is 14.0. The summed E-state index contributed by atoms with van der Waals surface area (Å²) in [7, 11) is 0. The molecule has 0 aliphatic carbocycles. The first-order valence-electron chi connectivity index (χ1n) is 11.1. The van der Waals surface area contributed by atoms with Gasteiger partial charge in [-0.1, -0.05) is 76.4 Å². The van der Waals surface area contributed by atoms with Gasteiger partial charge >= 0.3 is 12.1 Å². The monoisotopic (exact) mass is 441 g/mol. The van der Waals surface area contributed by atoms with Crippen molar-refractivity contribution in [3.63, 3.8) is 0 Å². The Kier molecular flexibility index (Phi) is 10.8. The van der Waals surface area contributed by atoms with E-state index >= 15 is 0 Å². The zero-order chi connectivity index (χ0) is 23.7. The van der Waals surface area contributed by atoms with Crippen LogP contribution in [0.15, 0.2) is 43.0 Å². The minimum Gasteiger partial charge on any atom is -0.365 e. The van der Waals surface area contributed by atoms with E-state index < -0.39 is 29.8 Å². The maximum Gasteiger partial charge on any atom is 0.471 e. The highest BCUT2D eigenvalue weighted by Gasteiger charge is 2.41. The number of halogens is 3. The largest absolute Gasteiger partial charge is 0.471 e. The fourth-order valence-corrected chi connectivity index (χ4v) is 3.97. The molecule has 0 spiro atoms. The highest BCUT2D eigenvalue weighted by molar-refractivity contribution is 5.82. The van der Waals surface area contributed by atoms with E-state index in [1.165, 1.54) is 0 Å². The number of carbonyl (C=O) groups is 1. The molecule has 0 aromatic heterocycles. The van der Waals surface area contributed by atoms with Crippen LogP contribution in [0.5, 0.6) is 0 Å². The number of benzene rings is 1. The van der Waals surface area contributed by atoms with E-state index in [1.54, 1.807) is 25.1 Å².